The molecule has 1 saturated carbocycles. The fraction of sp³-hybridized carbons (Fsp3) is 0.583. The highest BCUT2D eigenvalue weighted by atomic mass is 16.5. The van der Waals surface area contributed by atoms with E-state index >= 15 is 0 Å². The zero-order valence-electron chi connectivity index (χ0n) is 9.85. The fourth-order valence-corrected chi connectivity index (χ4v) is 2.17. The van der Waals surface area contributed by atoms with Crippen molar-refractivity contribution in [1.82, 2.24) is 9.97 Å². The van der Waals surface area contributed by atoms with Crippen molar-refractivity contribution in [2.45, 2.75) is 32.1 Å². The molecule has 0 unspecified atom stereocenters. The molecule has 17 heavy (non-hydrogen) atoms. The van der Waals surface area contributed by atoms with Crippen LogP contribution in [-0.4, -0.2) is 22.4 Å². The second kappa shape index (κ2) is 5.61. The van der Waals surface area contributed by atoms with Gasteiger partial charge in [-0.3, -0.25) is 5.41 Å². The maximum atomic E-state index is 7.42. The van der Waals surface area contributed by atoms with Crippen LogP contribution in [0.3, 0.4) is 0 Å². The van der Waals surface area contributed by atoms with Crippen molar-refractivity contribution in [3.8, 4) is 5.88 Å². The van der Waals surface area contributed by atoms with E-state index in [2.05, 4.69) is 9.97 Å². The Bertz CT molecular complexity index is 388. The van der Waals surface area contributed by atoms with E-state index in [0.717, 1.165) is 0 Å². The summed E-state index contributed by atoms with van der Waals surface area (Å²) >= 11 is 0. The Morgan fingerprint density at radius 1 is 1.41 bits per heavy atom. The van der Waals surface area contributed by atoms with Crippen LogP contribution < -0.4 is 10.5 Å². The first-order valence-electron chi connectivity index (χ1n) is 6.04. The molecule has 1 aromatic rings. The summed E-state index contributed by atoms with van der Waals surface area (Å²) in [5, 5.41) is 7.42. The molecule has 2 rings (SSSR count). The van der Waals surface area contributed by atoms with Gasteiger partial charge in [-0.1, -0.05) is 19.3 Å². The highest BCUT2D eigenvalue weighted by molar-refractivity contribution is 5.96. The largest absolute Gasteiger partial charge is 0.477 e. The Balaban J connectivity index is 1.96. The summed E-state index contributed by atoms with van der Waals surface area (Å²) in [6, 6.07) is 0. The lowest BCUT2D eigenvalue weighted by atomic mass is 9.90. The number of nitrogens with one attached hydrogen (secondary N) is 1. The first-order chi connectivity index (χ1) is 8.27. The summed E-state index contributed by atoms with van der Waals surface area (Å²) < 4.78 is 5.67. The van der Waals surface area contributed by atoms with Gasteiger partial charge in [0.1, 0.15) is 12.2 Å². The SMILES string of the molecule is N=C(N)c1cncnc1OCC1CCCCC1. The van der Waals surface area contributed by atoms with Crippen LogP contribution in [-0.2, 0) is 0 Å². The smallest absolute Gasteiger partial charge is 0.227 e. The second-order valence-corrected chi connectivity index (χ2v) is 4.47. The van der Waals surface area contributed by atoms with Crippen LogP contribution >= 0.6 is 0 Å². The van der Waals surface area contributed by atoms with Crippen molar-refractivity contribution in [3.05, 3.63) is 18.1 Å². The molecule has 0 bridgehead atoms. The van der Waals surface area contributed by atoms with E-state index in [4.69, 9.17) is 15.9 Å². The molecule has 0 radical (unpaired) electrons. The maximum absolute atomic E-state index is 7.42. The summed E-state index contributed by atoms with van der Waals surface area (Å²) in [6.07, 6.45) is 9.30. The zero-order chi connectivity index (χ0) is 12.1. The molecule has 1 aliphatic rings. The second-order valence-electron chi connectivity index (χ2n) is 4.47. The van der Waals surface area contributed by atoms with E-state index in [1.807, 2.05) is 0 Å². The van der Waals surface area contributed by atoms with Crippen LogP contribution in [0.5, 0.6) is 5.88 Å². The lowest BCUT2D eigenvalue weighted by Gasteiger charge is -2.21. The van der Waals surface area contributed by atoms with Gasteiger partial charge in [0.2, 0.25) is 5.88 Å². The number of ether oxygens (including phenoxy) is 1. The van der Waals surface area contributed by atoms with Crippen molar-refractivity contribution in [2.75, 3.05) is 6.61 Å². The molecule has 0 spiro atoms. The standard InChI is InChI=1S/C12H18N4O/c13-11(14)10-6-15-8-16-12(10)17-7-9-4-2-1-3-5-9/h6,8-9H,1-5,7H2,(H3,13,14). The Hall–Kier alpha value is -1.65. The quantitative estimate of drug-likeness (QED) is 0.613. The van der Waals surface area contributed by atoms with Gasteiger partial charge >= 0.3 is 0 Å². The predicted octanol–water partition coefficient (Wildman–Crippen LogP) is 1.72. The maximum Gasteiger partial charge on any atom is 0.227 e. The number of nitrogens with two attached hydrogens (primary N) is 1. The number of amidine groups is 1. The van der Waals surface area contributed by atoms with Crippen molar-refractivity contribution in [1.29, 1.82) is 5.41 Å². The average Bonchev–Trinajstić information content (AvgIpc) is 2.38. The fourth-order valence-electron chi connectivity index (χ4n) is 2.17. The predicted molar refractivity (Wildman–Crippen MR) is 65.1 cm³/mol. The topological polar surface area (TPSA) is 84.9 Å². The molecular weight excluding hydrogens is 216 g/mol. The minimum Gasteiger partial charge on any atom is -0.477 e. The van der Waals surface area contributed by atoms with E-state index in [9.17, 15) is 0 Å². The van der Waals surface area contributed by atoms with Crippen LogP contribution in [0.15, 0.2) is 12.5 Å². The van der Waals surface area contributed by atoms with Gasteiger partial charge in [0, 0.05) is 6.20 Å². The number of rotatable bonds is 4. The molecule has 5 nitrogen and oxygen atoms in total. The third-order valence-corrected chi connectivity index (χ3v) is 3.15. The van der Waals surface area contributed by atoms with Gasteiger partial charge in [-0.2, -0.15) is 0 Å². The number of aromatic nitrogens is 2. The molecule has 0 aromatic carbocycles. The number of nitrogen functional groups attached to an aromatic ring is 1. The molecule has 1 aromatic heterocycles. The first-order valence-corrected chi connectivity index (χ1v) is 6.04. The van der Waals surface area contributed by atoms with Crippen LogP contribution in [0.1, 0.15) is 37.7 Å². The van der Waals surface area contributed by atoms with E-state index in [-0.39, 0.29) is 5.84 Å². The molecule has 1 fully saturated rings. The molecular formula is C12H18N4O. The van der Waals surface area contributed by atoms with Crippen LogP contribution in [0.2, 0.25) is 0 Å². The van der Waals surface area contributed by atoms with Crippen LogP contribution in [0.4, 0.5) is 0 Å². The van der Waals surface area contributed by atoms with E-state index in [1.165, 1.54) is 44.6 Å². The zero-order valence-corrected chi connectivity index (χ0v) is 9.85. The van der Waals surface area contributed by atoms with Gasteiger partial charge in [0.25, 0.3) is 0 Å². The summed E-state index contributed by atoms with van der Waals surface area (Å²) in [7, 11) is 0. The van der Waals surface area contributed by atoms with Gasteiger partial charge in [0.05, 0.1) is 12.2 Å². The third-order valence-electron chi connectivity index (χ3n) is 3.15. The van der Waals surface area contributed by atoms with E-state index in [1.54, 1.807) is 0 Å². The Morgan fingerprint density at radius 2 is 2.18 bits per heavy atom. The average molecular weight is 234 g/mol. The normalized spacial score (nSPS) is 16.7. The van der Waals surface area contributed by atoms with Gasteiger partial charge in [0.15, 0.2) is 0 Å². The van der Waals surface area contributed by atoms with Crippen molar-refractivity contribution < 1.29 is 4.74 Å². The minimum atomic E-state index is -0.0516. The summed E-state index contributed by atoms with van der Waals surface area (Å²) in [6.45, 7) is 0.664. The van der Waals surface area contributed by atoms with Gasteiger partial charge in [-0.15, -0.1) is 0 Å². The lowest BCUT2D eigenvalue weighted by Crippen LogP contribution is -2.19. The molecule has 0 atom stereocenters. The van der Waals surface area contributed by atoms with Gasteiger partial charge < -0.3 is 10.5 Å². The van der Waals surface area contributed by atoms with Gasteiger partial charge in [-0.05, 0) is 18.8 Å². The first kappa shape index (κ1) is 11.8. The summed E-state index contributed by atoms with van der Waals surface area (Å²) in [5.41, 5.74) is 5.92. The van der Waals surface area contributed by atoms with Crippen LogP contribution in [0, 0.1) is 11.3 Å². The van der Waals surface area contributed by atoms with Crippen molar-refractivity contribution in [3.63, 3.8) is 0 Å². The number of nitrogens with zero attached hydrogens (tertiary/aromatic N) is 2. The molecule has 1 heterocycles. The van der Waals surface area contributed by atoms with Crippen LogP contribution in [0.25, 0.3) is 0 Å². The Kier molecular flexibility index (Phi) is 3.90. The molecule has 5 heteroatoms. The monoisotopic (exact) mass is 234 g/mol. The third kappa shape index (κ3) is 3.15. The molecule has 92 valence electrons. The number of hydrogen-bond donors (Lipinski definition) is 2. The molecule has 0 amide bonds. The summed E-state index contributed by atoms with van der Waals surface area (Å²) in [5.74, 6) is 0.987. The van der Waals surface area contributed by atoms with Gasteiger partial charge in [-0.25, -0.2) is 9.97 Å². The van der Waals surface area contributed by atoms with Crippen molar-refractivity contribution >= 4 is 5.84 Å². The molecule has 1 aliphatic carbocycles. The highest BCUT2D eigenvalue weighted by Gasteiger charge is 2.15. The minimum absolute atomic E-state index is 0.0516. The Morgan fingerprint density at radius 3 is 2.88 bits per heavy atom. The Labute approximate surface area is 101 Å². The summed E-state index contributed by atoms with van der Waals surface area (Å²) in [4.78, 5) is 7.88. The lowest BCUT2D eigenvalue weighted by molar-refractivity contribution is 0.202. The van der Waals surface area contributed by atoms with Crippen molar-refractivity contribution in [2.24, 2.45) is 11.7 Å². The number of hydrogen-bond acceptors (Lipinski definition) is 4. The molecule has 0 saturated heterocycles. The molecule has 0 aliphatic heterocycles. The van der Waals surface area contributed by atoms with E-state index in [0.29, 0.717) is 24.0 Å². The highest BCUT2D eigenvalue weighted by Crippen LogP contribution is 2.24. The molecule has 3 N–H and O–H groups in total. The van der Waals surface area contributed by atoms with E-state index < -0.39 is 0 Å².